The molecule has 0 unspecified atom stereocenters. The Labute approximate surface area is 479 Å². The van der Waals surface area contributed by atoms with Gasteiger partial charge in [0.25, 0.3) is 0 Å². The first-order valence-electron chi connectivity index (χ1n) is 30.0. The molecule has 0 spiro atoms. The van der Waals surface area contributed by atoms with E-state index in [1.54, 1.807) is 19.2 Å². The fraction of sp³-hybridized carbons (Fsp3) is 0.583. The number of ether oxygens (including phenoxy) is 1. The molecule has 0 radical (unpaired) electrons. The van der Waals surface area contributed by atoms with Crippen LogP contribution in [0.1, 0.15) is 200 Å². The number of hydrogen-bond acceptors (Lipinski definition) is 3. The Balaban J connectivity index is 0.000000321. The molecule has 0 aromatic heterocycles. The maximum absolute atomic E-state index is 13.8. The molecule has 0 bridgehead atoms. The quantitative estimate of drug-likeness (QED) is 0.0979. The standard InChI is InChI=1S/C16H24FN.C14H21N.2C12H18.C11H15Cl.C7H16O/c1-12(2)14-7-5-9-18(10-14)11-15-13(3)6-4-8-16(15)17;1-11(2)13-9-15(3)10-14(13)12-7-5-4-6-8-12;2*1-10(2)9-11(3)12-7-5-4-6-8-12;1-8(2)9(3)10-4-6-11(12)7-5-10;1-6(2)5-7(3)8-4/h4,6,8,12,14H,5,7,9-11H2,1-3H3;4-8,11,13-14H,9-10H2,1-3H3;2*4-8,10-11H,9H2,1-3H3;4-9H,1-3H3;6-7H,5H2,1-4H3/t14-;13-,14-;2*11-;9-;7-/m101001/s1. The molecule has 0 aliphatic carbocycles. The van der Waals surface area contributed by atoms with Crippen LogP contribution < -0.4 is 0 Å². The van der Waals surface area contributed by atoms with E-state index in [1.165, 1.54) is 61.0 Å². The van der Waals surface area contributed by atoms with Crippen LogP contribution in [0.5, 0.6) is 0 Å². The van der Waals surface area contributed by atoms with Gasteiger partial charge in [-0.2, -0.15) is 0 Å². The topological polar surface area (TPSA) is 15.7 Å². The smallest absolute Gasteiger partial charge is 0.127 e. The van der Waals surface area contributed by atoms with Crippen LogP contribution in [0.15, 0.2) is 133 Å². The molecule has 3 nitrogen and oxygen atoms in total. The van der Waals surface area contributed by atoms with Gasteiger partial charge in [0.15, 0.2) is 0 Å². The van der Waals surface area contributed by atoms with Gasteiger partial charge in [0.05, 0.1) is 6.10 Å². The van der Waals surface area contributed by atoms with E-state index in [2.05, 4.69) is 231 Å². The number of halogens is 2. The minimum absolute atomic E-state index is 0.0540. The number of nitrogens with zero attached hydrogens (tertiary/aromatic N) is 2. The van der Waals surface area contributed by atoms with Crippen molar-refractivity contribution in [3.8, 4) is 0 Å². The normalized spacial score (nSPS) is 18.1. The number of rotatable bonds is 16. The zero-order valence-corrected chi connectivity index (χ0v) is 53.1. The average molecular weight is 1080 g/mol. The number of methoxy groups -OCH3 is 1. The highest BCUT2D eigenvalue weighted by atomic mass is 35.5. The van der Waals surface area contributed by atoms with Crippen molar-refractivity contribution in [2.45, 2.75) is 186 Å². The first-order chi connectivity index (χ1) is 36.4. The Hall–Kier alpha value is -3.80. The molecule has 7 atom stereocenters. The molecule has 0 amide bonds. The fourth-order valence-electron chi connectivity index (χ4n) is 10.8. The molecule has 2 saturated heterocycles. The molecule has 2 aliphatic heterocycles. The van der Waals surface area contributed by atoms with Crippen molar-refractivity contribution in [3.63, 3.8) is 0 Å². The van der Waals surface area contributed by atoms with E-state index in [-0.39, 0.29) is 5.82 Å². The molecular weight excluding hydrogens is 963 g/mol. The zero-order valence-electron chi connectivity index (χ0n) is 52.3. The van der Waals surface area contributed by atoms with Crippen molar-refractivity contribution < 1.29 is 9.13 Å². The lowest BCUT2D eigenvalue weighted by molar-refractivity contribution is 0.0997. The second kappa shape index (κ2) is 38.0. The van der Waals surface area contributed by atoms with E-state index in [4.69, 9.17) is 16.3 Å². The van der Waals surface area contributed by atoms with Crippen LogP contribution in [0.25, 0.3) is 0 Å². The predicted octanol–water partition coefficient (Wildman–Crippen LogP) is 20.8. The van der Waals surface area contributed by atoms with Crippen LogP contribution in [0.4, 0.5) is 4.39 Å². The molecule has 2 aliphatic rings. The summed E-state index contributed by atoms with van der Waals surface area (Å²) in [5.74, 6) is 8.81. The number of piperidine rings is 1. The third-order valence-electron chi connectivity index (χ3n) is 15.8. The summed E-state index contributed by atoms with van der Waals surface area (Å²) in [7, 11) is 3.99. The van der Waals surface area contributed by atoms with Crippen LogP contribution >= 0.6 is 11.6 Å². The molecular formula is C72H112ClFN2O. The molecule has 5 aromatic carbocycles. The lowest BCUT2D eigenvalue weighted by atomic mass is 9.82. The molecule has 0 saturated carbocycles. The van der Waals surface area contributed by atoms with E-state index >= 15 is 0 Å². The van der Waals surface area contributed by atoms with E-state index < -0.39 is 0 Å². The summed E-state index contributed by atoms with van der Waals surface area (Å²) < 4.78 is 18.9. The van der Waals surface area contributed by atoms with Crippen molar-refractivity contribution >= 4 is 11.6 Å². The molecule has 5 heteroatoms. The minimum Gasteiger partial charge on any atom is -0.382 e. The summed E-state index contributed by atoms with van der Waals surface area (Å²) >= 11 is 5.80. The monoisotopic (exact) mass is 1070 g/mol. The third-order valence-corrected chi connectivity index (χ3v) is 16.1. The number of benzene rings is 5. The van der Waals surface area contributed by atoms with Crippen LogP contribution in [-0.4, -0.2) is 56.2 Å². The van der Waals surface area contributed by atoms with Crippen molar-refractivity contribution in [2.24, 2.45) is 47.3 Å². The third kappa shape index (κ3) is 28.3. The fourth-order valence-corrected chi connectivity index (χ4v) is 10.9. The number of likely N-dealkylation sites (N-methyl/N-ethyl adjacent to an activating group) is 1. The largest absolute Gasteiger partial charge is 0.382 e. The van der Waals surface area contributed by atoms with Gasteiger partial charge in [-0.15, -0.1) is 0 Å². The van der Waals surface area contributed by atoms with Gasteiger partial charge < -0.3 is 9.64 Å². The molecule has 7 rings (SSSR count). The number of hydrogen-bond donors (Lipinski definition) is 0. The molecule has 5 aromatic rings. The van der Waals surface area contributed by atoms with Crippen LogP contribution in [0, 0.1) is 60.1 Å². The Kier molecular flexibility index (Phi) is 34.2. The lowest BCUT2D eigenvalue weighted by Crippen LogP contribution is -2.37. The molecule has 0 N–H and O–H groups in total. The van der Waals surface area contributed by atoms with Crippen molar-refractivity contribution in [1.82, 2.24) is 9.80 Å². The van der Waals surface area contributed by atoms with E-state index in [0.29, 0.717) is 29.8 Å². The summed E-state index contributed by atoms with van der Waals surface area (Å²) in [5, 5.41) is 0.815. The minimum atomic E-state index is -0.0540. The van der Waals surface area contributed by atoms with Crippen molar-refractivity contribution in [1.29, 1.82) is 0 Å². The van der Waals surface area contributed by atoms with Gasteiger partial charge in [-0.1, -0.05) is 231 Å². The Morgan fingerprint density at radius 1 is 0.558 bits per heavy atom. The highest BCUT2D eigenvalue weighted by Crippen LogP contribution is 2.36. The molecule has 2 fully saturated rings. The predicted molar refractivity (Wildman–Crippen MR) is 338 cm³/mol. The maximum Gasteiger partial charge on any atom is 0.127 e. The Morgan fingerprint density at radius 3 is 1.47 bits per heavy atom. The van der Waals surface area contributed by atoms with E-state index in [1.807, 2.05) is 25.1 Å². The van der Waals surface area contributed by atoms with Crippen molar-refractivity contribution in [3.05, 3.63) is 178 Å². The second-order valence-corrected chi connectivity index (χ2v) is 25.6. The van der Waals surface area contributed by atoms with Crippen LogP contribution in [-0.2, 0) is 11.3 Å². The SMILES string of the molecule is CC(C)C[C@@H](C)c1ccccc1.CC(C)C[C@H](C)c1ccccc1.CC(C)[C@@H]1CN(C)C[C@H]1c1ccccc1.CC(C)[C@H](C)c1ccc(Cl)cc1.CO[C@H](C)CC(C)C.Cc1cccc(F)c1CN1CCC[C@@H](C(C)C)C1. The van der Waals surface area contributed by atoms with E-state index in [9.17, 15) is 4.39 Å². The van der Waals surface area contributed by atoms with Crippen molar-refractivity contribution in [2.75, 3.05) is 40.3 Å². The molecule has 430 valence electrons. The number of aryl methyl sites for hydroxylation is 1. The highest BCUT2D eigenvalue weighted by Gasteiger charge is 2.33. The van der Waals surface area contributed by atoms with Gasteiger partial charge in [-0.05, 0) is 171 Å². The number of likely N-dealkylation sites (tertiary alicyclic amines) is 2. The highest BCUT2D eigenvalue weighted by molar-refractivity contribution is 6.30. The second-order valence-electron chi connectivity index (χ2n) is 25.2. The van der Waals surface area contributed by atoms with Crippen LogP contribution in [0.3, 0.4) is 0 Å². The Bertz CT molecular complexity index is 2140. The lowest BCUT2D eigenvalue weighted by Gasteiger charge is -2.35. The summed E-state index contributed by atoms with van der Waals surface area (Å²) in [6, 6.07) is 45.9. The maximum atomic E-state index is 13.8. The first-order valence-corrected chi connectivity index (χ1v) is 30.4. The summed E-state index contributed by atoms with van der Waals surface area (Å²) in [4.78, 5) is 4.88. The van der Waals surface area contributed by atoms with Gasteiger partial charge in [-0.3, -0.25) is 4.90 Å². The summed E-state index contributed by atoms with van der Waals surface area (Å²) in [6.45, 7) is 43.7. The Morgan fingerprint density at radius 2 is 1.05 bits per heavy atom. The van der Waals surface area contributed by atoms with Gasteiger partial charge in [0.1, 0.15) is 5.82 Å². The van der Waals surface area contributed by atoms with E-state index in [0.717, 1.165) is 89.5 Å². The first kappa shape index (κ1) is 69.3. The molecule has 77 heavy (non-hydrogen) atoms. The van der Waals surface area contributed by atoms with Gasteiger partial charge in [0.2, 0.25) is 0 Å². The van der Waals surface area contributed by atoms with Gasteiger partial charge in [0, 0.05) is 49.8 Å². The summed E-state index contributed by atoms with van der Waals surface area (Å²) in [6.07, 6.45) is 6.72. The van der Waals surface area contributed by atoms with Crippen LogP contribution in [0.2, 0.25) is 5.02 Å². The average Bonchev–Trinajstić information content (AvgIpc) is 3.80. The molecule has 2 heterocycles. The zero-order chi connectivity index (χ0) is 57.6. The van der Waals surface area contributed by atoms with Gasteiger partial charge >= 0.3 is 0 Å². The van der Waals surface area contributed by atoms with Gasteiger partial charge in [-0.25, -0.2) is 4.39 Å². The summed E-state index contributed by atoms with van der Waals surface area (Å²) in [5.41, 5.74) is 7.76.